The summed E-state index contributed by atoms with van der Waals surface area (Å²) in [6.07, 6.45) is 0. The molecule has 1 fully saturated rings. The second kappa shape index (κ2) is 7.24. The highest BCUT2D eigenvalue weighted by Gasteiger charge is 2.40. The number of hydrogen-bond donors (Lipinski definition) is 1. The van der Waals surface area contributed by atoms with Crippen molar-refractivity contribution in [3.63, 3.8) is 0 Å². The van der Waals surface area contributed by atoms with Crippen molar-refractivity contribution in [3.05, 3.63) is 47.0 Å². The van der Waals surface area contributed by atoms with Crippen molar-refractivity contribution in [1.82, 2.24) is 0 Å². The molecule has 3 aliphatic heterocycles. The highest BCUT2D eigenvalue weighted by molar-refractivity contribution is 6.52. The molecule has 0 unspecified atom stereocenters. The third-order valence-corrected chi connectivity index (χ3v) is 5.90. The number of halogens is 1. The van der Waals surface area contributed by atoms with Crippen molar-refractivity contribution in [2.24, 2.45) is 0 Å². The summed E-state index contributed by atoms with van der Waals surface area (Å²) in [7, 11) is 0. The number of benzene rings is 2. The van der Waals surface area contributed by atoms with Crippen molar-refractivity contribution >= 4 is 34.7 Å². The van der Waals surface area contributed by atoms with Crippen LogP contribution in [0.4, 0.5) is 11.4 Å². The largest absolute Gasteiger partial charge is 0.486 e. The Morgan fingerprint density at radius 1 is 1.00 bits per heavy atom. The number of hydrogen-bond acceptors (Lipinski definition) is 5. The second-order valence-corrected chi connectivity index (χ2v) is 7.89. The van der Waals surface area contributed by atoms with Crippen LogP contribution in [0, 0.1) is 0 Å². The zero-order chi connectivity index (χ0) is 20.0. The lowest BCUT2D eigenvalue weighted by Crippen LogP contribution is -3.16. The monoisotopic (exact) mass is 414 g/mol. The number of ketones is 1. The van der Waals surface area contributed by atoms with Crippen molar-refractivity contribution in [2.75, 3.05) is 55.9 Å². The van der Waals surface area contributed by atoms with E-state index in [4.69, 9.17) is 21.1 Å². The molecule has 0 aromatic heterocycles. The van der Waals surface area contributed by atoms with Gasteiger partial charge >= 0.3 is 5.91 Å². The van der Waals surface area contributed by atoms with Gasteiger partial charge in [-0.2, -0.15) is 0 Å². The van der Waals surface area contributed by atoms with Crippen LogP contribution in [0.3, 0.4) is 0 Å². The fourth-order valence-corrected chi connectivity index (χ4v) is 4.31. The molecule has 150 valence electrons. The quantitative estimate of drug-likeness (QED) is 0.759. The number of Topliss-reactive ketones (excluding diaryl/α,β-unsaturated/α-hetero) is 1. The number of fused-ring (bicyclic) bond motifs is 2. The predicted octanol–water partition coefficient (Wildman–Crippen LogP) is 1.00. The number of nitrogens with zero attached hydrogens (tertiary/aromatic N) is 2. The van der Waals surface area contributed by atoms with Crippen LogP contribution in [0.15, 0.2) is 36.4 Å². The minimum absolute atomic E-state index is 0.399. The van der Waals surface area contributed by atoms with E-state index in [0.29, 0.717) is 42.6 Å². The van der Waals surface area contributed by atoms with Crippen LogP contribution in [0.5, 0.6) is 11.5 Å². The number of nitrogens with one attached hydrogen (secondary N) is 1. The lowest BCUT2D eigenvalue weighted by Gasteiger charge is -2.35. The number of amides is 1. The third kappa shape index (κ3) is 3.30. The Morgan fingerprint density at radius 3 is 2.45 bits per heavy atom. The maximum absolute atomic E-state index is 12.6. The molecule has 0 radical (unpaired) electrons. The van der Waals surface area contributed by atoms with Crippen molar-refractivity contribution in [3.8, 4) is 11.5 Å². The van der Waals surface area contributed by atoms with Gasteiger partial charge in [0.05, 0.1) is 37.4 Å². The van der Waals surface area contributed by atoms with E-state index < -0.39 is 11.7 Å². The van der Waals surface area contributed by atoms with Gasteiger partial charge < -0.3 is 19.3 Å². The summed E-state index contributed by atoms with van der Waals surface area (Å²) in [5, 5.41) is 0.726. The molecule has 0 bridgehead atoms. The normalized spacial score (nSPS) is 18.9. The Morgan fingerprint density at radius 2 is 1.72 bits per heavy atom. The van der Waals surface area contributed by atoms with Gasteiger partial charge in [0.15, 0.2) is 18.2 Å². The predicted molar refractivity (Wildman–Crippen MR) is 108 cm³/mol. The summed E-state index contributed by atoms with van der Waals surface area (Å²) in [6, 6.07) is 11.2. The smallest absolute Gasteiger partial charge is 0.303 e. The molecular formula is C21H21ClN3O4+. The fraction of sp³-hybridized carbons (Fsp3) is 0.333. The van der Waals surface area contributed by atoms with Gasteiger partial charge in [0.2, 0.25) is 0 Å². The Hall–Kier alpha value is -2.77. The Labute approximate surface area is 173 Å². The van der Waals surface area contributed by atoms with Gasteiger partial charge in [-0.15, -0.1) is 0 Å². The van der Waals surface area contributed by atoms with E-state index in [2.05, 4.69) is 11.0 Å². The molecular weight excluding hydrogens is 394 g/mol. The van der Waals surface area contributed by atoms with Gasteiger partial charge in [0.25, 0.3) is 5.78 Å². The summed E-state index contributed by atoms with van der Waals surface area (Å²) in [6.45, 7) is 4.82. The molecule has 0 spiro atoms. The lowest BCUT2D eigenvalue weighted by atomic mass is 10.1. The number of quaternary nitrogens is 1. The molecule has 1 amide bonds. The van der Waals surface area contributed by atoms with E-state index in [1.54, 1.807) is 17.0 Å². The van der Waals surface area contributed by atoms with Crippen LogP contribution < -0.4 is 24.2 Å². The van der Waals surface area contributed by atoms with Crippen molar-refractivity contribution in [2.45, 2.75) is 0 Å². The molecule has 1 N–H and O–H groups in total. The molecule has 2 aromatic rings. The number of rotatable bonds is 3. The van der Waals surface area contributed by atoms with Gasteiger partial charge in [-0.05, 0) is 24.3 Å². The molecule has 3 heterocycles. The third-order valence-electron chi connectivity index (χ3n) is 5.66. The highest BCUT2D eigenvalue weighted by atomic mass is 35.5. The second-order valence-electron chi connectivity index (χ2n) is 7.45. The molecule has 1 saturated heterocycles. The molecule has 3 aliphatic rings. The minimum Gasteiger partial charge on any atom is -0.486 e. The van der Waals surface area contributed by atoms with Crippen LogP contribution in [0.1, 0.15) is 10.4 Å². The van der Waals surface area contributed by atoms with Crippen LogP contribution in [0.25, 0.3) is 0 Å². The molecule has 0 aliphatic carbocycles. The Bertz CT molecular complexity index is 988. The van der Waals surface area contributed by atoms with E-state index in [-0.39, 0.29) is 0 Å². The van der Waals surface area contributed by atoms with E-state index >= 15 is 0 Å². The lowest BCUT2D eigenvalue weighted by molar-refractivity contribution is -0.899. The topological polar surface area (TPSA) is 63.5 Å². The molecule has 2 aromatic carbocycles. The van der Waals surface area contributed by atoms with E-state index in [0.717, 1.165) is 36.9 Å². The molecule has 5 rings (SSSR count). The standard InChI is InChI=1S/C21H20ClN3O4/c22-14-2-1-3-15(10-14)24-6-4-23(5-7-24)13-25-17-12-19-18(28-8-9-29-19)11-16(17)20(26)21(25)27/h1-3,10-12H,4-9,13H2/p+1. The van der Waals surface area contributed by atoms with Crippen LogP contribution >= 0.6 is 11.6 Å². The van der Waals surface area contributed by atoms with Gasteiger partial charge in [0.1, 0.15) is 13.2 Å². The minimum atomic E-state index is -0.480. The summed E-state index contributed by atoms with van der Waals surface area (Å²) in [4.78, 5) is 30.3. The van der Waals surface area contributed by atoms with Crippen molar-refractivity contribution in [1.29, 1.82) is 0 Å². The summed E-state index contributed by atoms with van der Waals surface area (Å²) >= 11 is 6.11. The SMILES string of the molecule is O=C1C(=O)N(C[NH+]2CCN(c3cccc(Cl)c3)CC2)c2cc3c(cc21)OCCO3. The molecule has 8 heteroatoms. The van der Waals surface area contributed by atoms with Crippen LogP contribution in [-0.4, -0.2) is 57.8 Å². The number of carbonyl (C=O) groups is 2. The van der Waals surface area contributed by atoms with Crippen LogP contribution in [0.2, 0.25) is 5.02 Å². The highest BCUT2D eigenvalue weighted by Crippen LogP contribution is 2.40. The maximum Gasteiger partial charge on any atom is 0.303 e. The molecule has 0 saturated carbocycles. The summed E-state index contributed by atoms with van der Waals surface area (Å²) < 4.78 is 11.2. The molecule has 7 nitrogen and oxygen atoms in total. The first-order chi connectivity index (χ1) is 14.1. The first kappa shape index (κ1) is 18.3. The van der Waals surface area contributed by atoms with E-state index in [1.165, 1.54) is 4.90 Å². The van der Waals surface area contributed by atoms with Gasteiger partial charge in [0, 0.05) is 16.8 Å². The molecule has 0 atom stereocenters. The zero-order valence-electron chi connectivity index (χ0n) is 15.8. The zero-order valence-corrected chi connectivity index (χ0v) is 16.6. The van der Waals surface area contributed by atoms with Gasteiger partial charge in [-0.1, -0.05) is 17.7 Å². The summed E-state index contributed by atoms with van der Waals surface area (Å²) in [5.41, 5.74) is 2.13. The number of ether oxygens (including phenoxy) is 2. The van der Waals surface area contributed by atoms with E-state index in [9.17, 15) is 9.59 Å². The summed E-state index contributed by atoms with van der Waals surface area (Å²) in [5.74, 6) is 0.157. The van der Waals surface area contributed by atoms with Gasteiger partial charge in [-0.25, -0.2) is 0 Å². The van der Waals surface area contributed by atoms with Crippen LogP contribution in [-0.2, 0) is 4.79 Å². The average molecular weight is 415 g/mol. The number of anilines is 2. The Kier molecular flexibility index (Phi) is 4.56. The molecule has 29 heavy (non-hydrogen) atoms. The first-order valence-electron chi connectivity index (χ1n) is 9.74. The number of carbonyl (C=O) groups excluding carboxylic acids is 2. The Balaban J connectivity index is 1.31. The average Bonchev–Trinajstić information content (AvgIpc) is 2.97. The maximum atomic E-state index is 12.6. The van der Waals surface area contributed by atoms with Gasteiger partial charge in [-0.3, -0.25) is 14.5 Å². The van der Waals surface area contributed by atoms with Crippen molar-refractivity contribution < 1.29 is 24.0 Å². The fourth-order valence-electron chi connectivity index (χ4n) is 4.12. The number of piperazine rings is 1. The first-order valence-corrected chi connectivity index (χ1v) is 10.1. The van der Waals surface area contributed by atoms with E-state index in [1.807, 2.05) is 18.2 Å².